The molecule has 0 aromatic heterocycles. The highest BCUT2D eigenvalue weighted by molar-refractivity contribution is 6.31. The minimum absolute atomic E-state index is 0.130. The van der Waals surface area contributed by atoms with Gasteiger partial charge in [-0.2, -0.15) is 0 Å². The molecule has 0 aliphatic heterocycles. The highest BCUT2D eigenvalue weighted by atomic mass is 35.5. The number of para-hydroxylation sites is 1. The zero-order chi connectivity index (χ0) is 21.0. The van der Waals surface area contributed by atoms with Crippen LogP contribution in [0.1, 0.15) is 36.0 Å². The molecule has 2 amide bonds. The molecule has 1 aliphatic rings. The molecular formula is C21H19ClFN2O4-. The van der Waals surface area contributed by atoms with Gasteiger partial charge in [-0.25, -0.2) is 4.39 Å². The minimum Gasteiger partial charge on any atom is -0.550 e. The molecule has 2 atom stereocenters. The van der Waals surface area contributed by atoms with Crippen molar-refractivity contribution in [1.82, 2.24) is 0 Å². The van der Waals surface area contributed by atoms with Gasteiger partial charge in [-0.3, -0.25) is 9.59 Å². The van der Waals surface area contributed by atoms with E-state index in [-0.39, 0.29) is 16.3 Å². The summed E-state index contributed by atoms with van der Waals surface area (Å²) in [6.45, 7) is 0. The average molecular weight is 418 g/mol. The molecule has 2 aromatic carbocycles. The Labute approximate surface area is 172 Å². The van der Waals surface area contributed by atoms with E-state index in [1.54, 1.807) is 18.2 Å². The van der Waals surface area contributed by atoms with E-state index in [4.69, 9.17) is 11.6 Å². The van der Waals surface area contributed by atoms with Gasteiger partial charge in [0.05, 0.1) is 16.3 Å². The van der Waals surface area contributed by atoms with Crippen molar-refractivity contribution < 1.29 is 23.9 Å². The van der Waals surface area contributed by atoms with Crippen molar-refractivity contribution in [2.75, 3.05) is 10.6 Å². The molecule has 3 rings (SSSR count). The van der Waals surface area contributed by atoms with E-state index in [0.29, 0.717) is 18.5 Å². The van der Waals surface area contributed by atoms with Gasteiger partial charge in [-0.15, -0.1) is 0 Å². The van der Waals surface area contributed by atoms with Crippen molar-refractivity contribution in [2.24, 2.45) is 11.8 Å². The van der Waals surface area contributed by atoms with Gasteiger partial charge >= 0.3 is 0 Å². The Balaban J connectivity index is 1.77. The first-order chi connectivity index (χ1) is 13.9. The summed E-state index contributed by atoms with van der Waals surface area (Å²) >= 11 is 5.73. The summed E-state index contributed by atoms with van der Waals surface area (Å²) in [7, 11) is 0. The van der Waals surface area contributed by atoms with Crippen LogP contribution < -0.4 is 15.7 Å². The highest BCUT2D eigenvalue weighted by Crippen LogP contribution is 2.31. The Hall–Kier alpha value is -2.93. The molecule has 2 aromatic rings. The lowest BCUT2D eigenvalue weighted by atomic mass is 9.78. The number of nitrogens with one attached hydrogen (secondary N) is 2. The number of hydrogen-bond acceptors (Lipinski definition) is 4. The molecule has 0 spiro atoms. The topological polar surface area (TPSA) is 98.3 Å². The molecule has 1 aliphatic carbocycles. The molecule has 2 N–H and O–H groups in total. The Kier molecular flexibility index (Phi) is 6.49. The normalized spacial score (nSPS) is 18.7. The van der Waals surface area contributed by atoms with Crippen LogP contribution in [0.15, 0.2) is 42.5 Å². The second kappa shape index (κ2) is 9.05. The molecule has 0 bridgehead atoms. The number of hydrogen-bond donors (Lipinski definition) is 2. The molecular weight excluding hydrogens is 399 g/mol. The summed E-state index contributed by atoms with van der Waals surface area (Å²) in [4.78, 5) is 36.7. The molecule has 0 unspecified atom stereocenters. The second-order valence-electron chi connectivity index (χ2n) is 6.93. The monoisotopic (exact) mass is 417 g/mol. The van der Waals surface area contributed by atoms with E-state index in [9.17, 15) is 23.9 Å². The van der Waals surface area contributed by atoms with E-state index in [1.807, 2.05) is 0 Å². The molecule has 0 radical (unpaired) electrons. The fourth-order valence-electron chi connectivity index (χ4n) is 3.51. The Morgan fingerprint density at radius 1 is 1.00 bits per heavy atom. The number of benzene rings is 2. The standard InChI is InChI=1S/C21H20ClFN2O4/c22-16-11-12(9-10-17(16)23)24-20(27)15-7-3-4-8-18(15)25-19(26)13-5-1-2-6-14(13)21(28)29/h3-4,7-11,13-14H,1-2,5-6H2,(H,24,27)(H,25,26)(H,28,29)/p-1/t13-,14+/m1/s1. The van der Waals surface area contributed by atoms with E-state index < -0.39 is 35.4 Å². The zero-order valence-electron chi connectivity index (χ0n) is 15.4. The predicted octanol–water partition coefficient (Wildman–Crippen LogP) is 3.23. The van der Waals surface area contributed by atoms with Gasteiger partial charge in [0.15, 0.2) is 0 Å². The lowest BCUT2D eigenvalue weighted by Crippen LogP contribution is -2.42. The number of aliphatic carboxylic acids is 1. The summed E-state index contributed by atoms with van der Waals surface area (Å²) in [6, 6.07) is 10.1. The van der Waals surface area contributed by atoms with Gasteiger partial charge in [-0.1, -0.05) is 36.6 Å². The summed E-state index contributed by atoms with van der Waals surface area (Å²) in [5, 5.41) is 16.5. The first kappa shape index (κ1) is 20.8. The quantitative estimate of drug-likeness (QED) is 0.780. The van der Waals surface area contributed by atoms with E-state index in [0.717, 1.165) is 18.9 Å². The van der Waals surface area contributed by atoms with Gasteiger partial charge in [0.25, 0.3) is 5.91 Å². The Bertz CT molecular complexity index is 950. The number of carbonyl (C=O) groups is 3. The molecule has 1 saturated carbocycles. The molecule has 29 heavy (non-hydrogen) atoms. The minimum atomic E-state index is -1.23. The SMILES string of the molecule is O=C(Nc1ccc(F)c(Cl)c1)c1ccccc1NC(=O)[C@@H]1CCCC[C@@H]1C(=O)[O-]. The van der Waals surface area contributed by atoms with E-state index in [1.165, 1.54) is 18.2 Å². The van der Waals surface area contributed by atoms with Crippen molar-refractivity contribution in [1.29, 1.82) is 0 Å². The van der Waals surface area contributed by atoms with Gasteiger partial charge in [0, 0.05) is 23.5 Å². The summed E-state index contributed by atoms with van der Waals surface area (Å²) < 4.78 is 13.3. The average Bonchev–Trinajstić information content (AvgIpc) is 2.71. The van der Waals surface area contributed by atoms with Gasteiger partial charge in [0.2, 0.25) is 5.91 Å². The van der Waals surface area contributed by atoms with Gasteiger partial charge in [-0.05, 0) is 43.2 Å². The summed E-state index contributed by atoms with van der Waals surface area (Å²) in [5.41, 5.74) is 0.736. The maximum Gasteiger partial charge on any atom is 0.257 e. The van der Waals surface area contributed by atoms with Gasteiger partial charge < -0.3 is 20.5 Å². The van der Waals surface area contributed by atoms with Crippen LogP contribution in [0.2, 0.25) is 5.02 Å². The third-order valence-electron chi connectivity index (χ3n) is 5.01. The zero-order valence-corrected chi connectivity index (χ0v) is 16.2. The number of halogens is 2. The summed E-state index contributed by atoms with van der Waals surface area (Å²) in [6.07, 6.45) is 2.35. The first-order valence-electron chi connectivity index (χ1n) is 9.24. The number of rotatable bonds is 5. The predicted molar refractivity (Wildman–Crippen MR) is 105 cm³/mol. The first-order valence-corrected chi connectivity index (χ1v) is 9.61. The van der Waals surface area contributed by atoms with E-state index >= 15 is 0 Å². The fraction of sp³-hybridized carbons (Fsp3) is 0.286. The smallest absolute Gasteiger partial charge is 0.257 e. The molecule has 152 valence electrons. The fourth-order valence-corrected chi connectivity index (χ4v) is 3.70. The van der Waals surface area contributed by atoms with Crippen LogP contribution in [0, 0.1) is 17.7 Å². The second-order valence-corrected chi connectivity index (χ2v) is 7.34. The maximum atomic E-state index is 13.3. The van der Waals surface area contributed by atoms with Crippen LogP contribution in [0.5, 0.6) is 0 Å². The molecule has 8 heteroatoms. The Morgan fingerprint density at radius 3 is 2.38 bits per heavy atom. The molecule has 0 saturated heterocycles. The molecule has 1 fully saturated rings. The van der Waals surface area contributed by atoms with Crippen LogP contribution >= 0.6 is 11.6 Å². The summed E-state index contributed by atoms with van der Waals surface area (Å²) in [5.74, 6) is -4.36. The van der Waals surface area contributed by atoms with Crippen molar-refractivity contribution in [3.8, 4) is 0 Å². The third kappa shape index (κ3) is 4.92. The van der Waals surface area contributed by atoms with Crippen molar-refractivity contribution in [3.05, 3.63) is 58.9 Å². The number of anilines is 2. The Morgan fingerprint density at radius 2 is 1.69 bits per heavy atom. The van der Waals surface area contributed by atoms with Crippen LogP contribution in [0.4, 0.5) is 15.8 Å². The van der Waals surface area contributed by atoms with Gasteiger partial charge in [0.1, 0.15) is 5.82 Å². The number of amides is 2. The van der Waals surface area contributed by atoms with Crippen LogP contribution in [-0.4, -0.2) is 17.8 Å². The van der Waals surface area contributed by atoms with Crippen LogP contribution in [0.25, 0.3) is 0 Å². The maximum absolute atomic E-state index is 13.3. The lowest BCUT2D eigenvalue weighted by molar-refractivity contribution is -0.313. The van der Waals surface area contributed by atoms with Crippen LogP contribution in [0.3, 0.4) is 0 Å². The van der Waals surface area contributed by atoms with E-state index in [2.05, 4.69) is 10.6 Å². The number of carboxylic acid groups (broad SMARTS) is 1. The lowest BCUT2D eigenvalue weighted by Gasteiger charge is -2.31. The number of carbonyl (C=O) groups excluding carboxylic acids is 3. The number of carboxylic acids is 1. The highest BCUT2D eigenvalue weighted by Gasteiger charge is 2.32. The third-order valence-corrected chi connectivity index (χ3v) is 5.30. The van der Waals surface area contributed by atoms with Crippen molar-refractivity contribution in [3.63, 3.8) is 0 Å². The van der Waals surface area contributed by atoms with Crippen molar-refractivity contribution >= 4 is 40.8 Å². The molecule has 6 nitrogen and oxygen atoms in total. The largest absolute Gasteiger partial charge is 0.550 e. The molecule has 0 heterocycles. The van der Waals surface area contributed by atoms with Crippen LogP contribution in [-0.2, 0) is 9.59 Å². The van der Waals surface area contributed by atoms with Crippen molar-refractivity contribution in [2.45, 2.75) is 25.7 Å².